The van der Waals surface area contributed by atoms with Gasteiger partial charge in [0.05, 0.1) is 48.7 Å². The van der Waals surface area contributed by atoms with Crippen molar-refractivity contribution in [1.82, 2.24) is 29.5 Å². The molecule has 3 aliphatic heterocycles. The van der Waals surface area contributed by atoms with E-state index >= 15 is 0 Å². The Hall–Kier alpha value is -5.27. The molecule has 0 radical (unpaired) electrons. The number of carboxylic acids is 1. The number of phenols is 1. The monoisotopic (exact) mass is 1060 g/mol. The summed E-state index contributed by atoms with van der Waals surface area (Å²) < 4.78 is 39.6. The number of carboxylic acid groups (broad SMARTS) is 1. The summed E-state index contributed by atoms with van der Waals surface area (Å²) in [6, 6.07) is 22.1. The van der Waals surface area contributed by atoms with Gasteiger partial charge in [0.1, 0.15) is 42.2 Å². The number of fused-ring (bicyclic) bond motifs is 2. The number of aliphatic carboxylic acids is 1. The number of nitrogens with zero attached hydrogens (tertiary/aromatic N) is 8. The first-order valence-corrected chi connectivity index (χ1v) is 32.7. The summed E-state index contributed by atoms with van der Waals surface area (Å²) in [4.78, 5) is 22.7. The van der Waals surface area contributed by atoms with E-state index in [0.29, 0.717) is 26.7 Å². The van der Waals surface area contributed by atoms with E-state index in [-0.39, 0.29) is 5.75 Å². The normalized spacial score (nSPS) is 16.5. The van der Waals surface area contributed by atoms with Gasteiger partial charge in [-0.2, -0.15) is 10.2 Å². The number of phenolic OH excluding ortho intramolecular Hbond substituents is 1. The molecule has 3 aliphatic rings. The van der Waals surface area contributed by atoms with Gasteiger partial charge in [-0.15, -0.1) is 0 Å². The number of morpholine rings is 2. The Morgan fingerprint density at radius 1 is 0.649 bits per heavy atom. The highest BCUT2D eigenvalue weighted by Crippen LogP contribution is 2.38. The van der Waals surface area contributed by atoms with Gasteiger partial charge in [0.15, 0.2) is 0 Å². The molecule has 0 bridgehead atoms. The van der Waals surface area contributed by atoms with E-state index in [1.807, 2.05) is 40.0 Å². The Balaban J connectivity index is 0.000000223. The van der Waals surface area contributed by atoms with Crippen molar-refractivity contribution in [3.63, 3.8) is 0 Å². The first-order chi connectivity index (χ1) is 35.1. The largest absolute Gasteiger partial charge is 0.508 e. The Labute approximate surface area is 437 Å². The molecule has 0 aliphatic carbocycles. The third kappa shape index (κ3) is 15.6. The lowest BCUT2D eigenvalue weighted by molar-refractivity contribution is -0.176. The zero-order valence-corrected chi connectivity index (χ0v) is 47.1. The molecule has 19 nitrogen and oxygen atoms in total. The first kappa shape index (κ1) is 58.0. The predicted molar refractivity (Wildman–Crippen MR) is 296 cm³/mol. The van der Waals surface area contributed by atoms with E-state index < -0.39 is 40.4 Å². The van der Waals surface area contributed by atoms with Gasteiger partial charge in [-0.05, 0) is 93.8 Å². The molecule has 402 valence electrons. The second kappa shape index (κ2) is 25.5. The van der Waals surface area contributed by atoms with Crippen molar-refractivity contribution in [2.24, 2.45) is 0 Å². The molecule has 0 unspecified atom stereocenters. The number of carbonyl (C=O) groups is 1. The minimum Gasteiger partial charge on any atom is -0.508 e. The highest BCUT2D eigenvalue weighted by molar-refractivity contribution is 6.76. The Bertz CT molecular complexity index is 2750. The maximum Gasteiger partial charge on any atom is 0.494 e. The van der Waals surface area contributed by atoms with Gasteiger partial charge in [-0.3, -0.25) is 15.3 Å². The molecule has 6 aromatic rings. The second-order valence-corrected chi connectivity index (χ2v) is 33.2. The van der Waals surface area contributed by atoms with Crippen molar-refractivity contribution < 1.29 is 53.8 Å². The molecule has 4 N–H and O–H groups in total. The lowest BCUT2D eigenvalue weighted by Crippen LogP contribution is -2.41. The van der Waals surface area contributed by atoms with Crippen LogP contribution in [0.4, 0.5) is 11.6 Å². The van der Waals surface area contributed by atoms with Crippen molar-refractivity contribution in [2.75, 3.05) is 75.6 Å². The van der Waals surface area contributed by atoms with Gasteiger partial charge in [0, 0.05) is 96.8 Å². The highest BCUT2D eigenvalue weighted by atomic mass is 28.3. The highest BCUT2D eigenvalue weighted by Gasteiger charge is 2.51. The Morgan fingerprint density at radius 2 is 1.05 bits per heavy atom. The average molecular weight is 1060 g/mol. The third-order valence-corrected chi connectivity index (χ3v) is 16.6. The van der Waals surface area contributed by atoms with Gasteiger partial charge >= 0.3 is 7.12 Å². The summed E-state index contributed by atoms with van der Waals surface area (Å²) in [5.41, 5.74) is 5.89. The number of rotatable bonds is 15. The van der Waals surface area contributed by atoms with Crippen molar-refractivity contribution in [3.8, 4) is 28.3 Å². The maximum absolute atomic E-state index is 10.1. The molecule has 7 heterocycles. The van der Waals surface area contributed by atoms with E-state index in [9.17, 15) is 5.11 Å². The van der Waals surface area contributed by atoms with Crippen LogP contribution in [0.25, 0.3) is 44.3 Å². The van der Waals surface area contributed by atoms with Gasteiger partial charge in [0.2, 0.25) is 0 Å². The number of ether oxygens (including phenoxy) is 4. The van der Waals surface area contributed by atoms with Gasteiger partial charge in [-0.25, -0.2) is 19.3 Å². The van der Waals surface area contributed by atoms with Crippen LogP contribution >= 0.6 is 0 Å². The van der Waals surface area contributed by atoms with Crippen LogP contribution in [0.1, 0.15) is 34.6 Å². The van der Waals surface area contributed by atoms with Crippen molar-refractivity contribution in [2.45, 2.75) is 111 Å². The minimum absolute atomic E-state index is 0.227. The predicted octanol–water partition coefficient (Wildman–Crippen LogP) is 8.61. The van der Waals surface area contributed by atoms with E-state index in [1.165, 1.54) is 0 Å². The van der Waals surface area contributed by atoms with Gasteiger partial charge < -0.3 is 48.3 Å². The zero-order valence-electron chi connectivity index (χ0n) is 45.1. The molecular weight excluding hydrogens is 980 g/mol. The molecule has 74 heavy (non-hydrogen) atoms. The standard InChI is InChI=1S/C28H41BN4O4Si.C22H30N4O3Si.C2H4O2.H2O2/c1-27(2)28(3,4)37-29(36-27)22-8-9-24-23(19-22)26(31-33(24)20-35-16-17-38(5,6)7)21-10-11-30-25(18-21)32-12-14-34-15-13-32;1-30(2,3)13-12-29-16-26-20-5-4-18(27)15-19(20)22(24-26)17-6-7-23-21(14-17)25-8-10-28-11-9-25;1-2(3)4;1-2/h8-11,18-19H,12-17,20H2,1-7H3;4-7,14-15,27H,8-13,16H2,1-3H3;1H3,(H,3,4);1-2H. The molecule has 2 aromatic carbocycles. The molecule has 22 heteroatoms. The number of pyridine rings is 2. The molecule has 3 saturated heterocycles. The molecular formula is C52H77BN8O11Si2. The maximum atomic E-state index is 10.1. The second-order valence-electron chi connectivity index (χ2n) is 22.0. The van der Waals surface area contributed by atoms with Crippen LogP contribution in [0.15, 0.2) is 73.1 Å². The summed E-state index contributed by atoms with van der Waals surface area (Å²) in [6.07, 6.45) is 3.69. The summed E-state index contributed by atoms with van der Waals surface area (Å²) >= 11 is 0. The minimum atomic E-state index is -1.17. The van der Waals surface area contributed by atoms with Crippen LogP contribution in [0, 0.1) is 0 Å². The summed E-state index contributed by atoms with van der Waals surface area (Å²) in [7, 11) is -2.74. The van der Waals surface area contributed by atoms with Crippen molar-refractivity contribution in [1.29, 1.82) is 0 Å². The van der Waals surface area contributed by atoms with Crippen LogP contribution in [0.5, 0.6) is 5.75 Å². The van der Waals surface area contributed by atoms with Crippen LogP contribution < -0.4 is 15.3 Å². The van der Waals surface area contributed by atoms with E-state index in [1.54, 1.807) is 12.1 Å². The fourth-order valence-electron chi connectivity index (χ4n) is 8.23. The SMILES string of the molecule is CC(=O)O.CC1(C)OB(c2ccc3c(c2)c(-c2ccnc(N4CCOCC4)c2)nn3COCC[Si](C)(C)C)OC1(C)C.C[Si](C)(C)CCOCn1nc(-c2ccnc(N3CCOCC3)c2)c2cc(O)ccc21.OO. The number of anilines is 2. The fraction of sp³-hybridized carbons (Fsp3) is 0.519. The first-order valence-electron chi connectivity index (χ1n) is 25.3. The average Bonchev–Trinajstić information content (AvgIpc) is 3.99. The zero-order chi connectivity index (χ0) is 53.8. The van der Waals surface area contributed by atoms with Gasteiger partial charge in [-0.1, -0.05) is 51.4 Å². The van der Waals surface area contributed by atoms with Crippen LogP contribution in [-0.4, -0.2) is 157 Å². The topological polar surface area (TPSA) is 221 Å². The lowest BCUT2D eigenvalue weighted by atomic mass is 9.78. The van der Waals surface area contributed by atoms with Crippen LogP contribution in [0.2, 0.25) is 51.4 Å². The summed E-state index contributed by atoms with van der Waals surface area (Å²) in [5, 5.41) is 41.3. The number of hydrogen-bond acceptors (Lipinski definition) is 16. The molecule has 9 rings (SSSR count). The number of hydrogen-bond donors (Lipinski definition) is 4. The molecule has 4 aromatic heterocycles. The Kier molecular flexibility index (Phi) is 20.0. The van der Waals surface area contributed by atoms with E-state index in [2.05, 4.69) is 117 Å². The van der Waals surface area contributed by atoms with Gasteiger partial charge in [0.25, 0.3) is 5.97 Å². The quantitative estimate of drug-likeness (QED) is 0.0327. The number of aromatic nitrogens is 6. The molecule has 0 spiro atoms. The summed E-state index contributed by atoms with van der Waals surface area (Å²) in [6.45, 7) is 32.0. The van der Waals surface area contributed by atoms with E-state index in [4.69, 9.17) is 58.9 Å². The van der Waals surface area contributed by atoms with E-state index in [0.717, 1.165) is 133 Å². The Morgan fingerprint density at radius 3 is 1.47 bits per heavy atom. The molecule has 0 saturated carbocycles. The smallest absolute Gasteiger partial charge is 0.494 e. The molecule has 0 amide bonds. The van der Waals surface area contributed by atoms with Crippen LogP contribution in [0.3, 0.4) is 0 Å². The van der Waals surface area contributed by atoms with Crippen LogP contribution in [-0.2, 0) is 46.5 Å². The molecule has 3 fully saturated rings. The van der Waals surface area contributed by atoms with Crippen molar-refractivity contribution in [3.05, 3.63) is 73.1 Å². The fourth-order valence-corrected chi connectivity index (χ4v) is 9.75. The lowest BCUT2D eigenvalue weighted by Gasteiger charge is -2.32. The van der Waals surface area contributed by atoms with Crippen molar-refractivity contribution >= 4 is 68.1 Å². The molecule has 0 atom stereocenters. The third-order valence-electron chi connectivity index (χ3n) is 13.2. The number of benzene rings is 2. The number of aromatic hydroxyl groups is 1. The summed E-state index contributed by atoms with van der Waals surface area (Å²) in [5.74, 6) is 1.26.